The maximum atomic E-state index is 11.9. The van der Waals surface area contributed by atoms with Gasteiger partial charge in [0, 0.05) is 44.6 Å². The predicted octanol–water partition coefficient (Wildman–Crippen LogP) is 2.66. The number of carbonyl (C=O) groups is 2. The smallest absolute Gasteiger partial charge is 0.309 e. The van der Waals surface area contributed by atoms with E-state index in [0.717, 1.165) is 0 Å². The lowest BCUT2D eigenvalue weighted by molar-refractivity contribution is -0.148. The maximum absolute atomic E-state index is 11.9. The second kappa shape index (κ2) is 11.1. The molecular formula is C17H32O6S2. The number of hydrogen-bond acceptors (Lipinski definition) is 4. The first kappa shape index (κ1) is 24.2. The Hall–Kier alpha value is -0.760. The van der Waals surface area contributed by atoms with Gasteiger partial charge in [-0.15, -0.1) is 0 Å². The van der Waals surface area contributed by atoms with Crippen LogP contribution >= 0.6 is 0 Å². The van der Waals surface area contributed by atoms with Gasteiger partial charge >= 0.3 is 11.9 Å². The van der Waals surface area contributed by atoms with E-state index in [1.165, 1.54) is 0 Å². The molecule has 0 spiro atoms. The summed E-state index contributed by atoms with van der Waals surface area (Å²) in [5.41, 5.74) is -1.59. The SMILES string of the molecule is CC(C)(CCCS(=O)CCCS(=O)CCCC(C)(C)C(=O)O)C(=O)O. The number of rotatable bonds is 14. The van der Waals surface area contributed by atoms with Gasteiger partial charge in [-0.25, -0.2) is 0 Å². The molecule has 0 aromatic heterocycles. The fourth-order valence-corrected chi connectivity index (χ4v) is 4.61. The van der Waals surface area contributed by atoms with Crippen LogP contribution in [0, 0.1) is 10.8 Å². The van der Waals surface area contributed by atoms with E-state index >= 15 is 0 Å². The molecule has 0 aliphatic heterocycles. The van der Waals surface area contributed by atoms with Crippen LogP contribution in [-0.4, -0.2) is 53.6 Å². The van der Waals surface area contributed by atoms with E-state index in [2.05, 4.69) is 0 Å². The summed E-state index contributed by atoms with van der Waals surface area (Å²) in [7, 11) is -2.03. The van der Waals surface area contributed by atoms with Crippen molar-refractivity contribution in [1.82, 2.24) is 0 Å². The molecule has 2 atom stereocenters. The second-order valence-electron chi connectivity index (χ2n) is 7.63. The van der Waals surface area contributed by atoms with Crippen LogP contribution < -0.4 is 0 Å². The van der Waals surface area contributed by atoms with Crippen molar-refractivity contribution >= 4 is 33.5 Å². The molecule has 0 amide bonds. The van der Waals surface area contributed by atoms with Crippen LogP contribution in [0.25, 0.3) is 0 Å². The van der Waals surface area contributed by atoms with Crippen molar-refractivity contribution in [2.75, 3.05) is 23.0 Å². The first-order valence-corrected chi connectivity index (χ1v) is 11.5. The molecule has 6 nitrogen and oxygen atoms in total. The van der Waals surface area contributed by atoms with Gasteiger partial charge in [-0.05, 0) is 59.8 Å². The third-order valence-corrected chi connectivity index (χ3v) is 7.23. The minimum atomic E-state index is -1.02. The van der Waals surface area contributed by atoms with E-state index in [1.807, 2.05) is 0 Å². The molecule has 2 N–H and O–H groups in total. The summed E-state index contributed by atoms with van der Waals surface area (Å²) in [4.78, 5) is 22.0. The van der Waals surface area contributed by atoms with Gasteiger partial charge in [-0.3, -0.25) is 18.0 Å². The fraction of sp³-hybridized carbons (Fsp3) is 0.882. The van der Waals surface area contributed by atoms with Gasteiger partial charge in [-0.1, -0.05) is 0 Å². The molecule has 0 aromatic carbocycles. The molecule has 0 bridgehead atoms. The molecule has 0 radical (unpaired) electrons. The molecule has 0 saturated carbocycles. The summed E-state index contributed by atoms with van der Waals surface area (Å²) in [5, 5.41) is 18.0. The van der Waals surface area contributed by atoms with Gasteiger partial charge < -0.3 is 10.2 Å². The van der Waals surface area contributed by atoms with Crippen LogP contribution in [0.2, 0.25) is 0 Å². The normalized spacial score (nSPS) is 14.9. The zero-order valence-corrected chi connectivity index (χ0v) is 17.3. The Kier molecular flexibility index (Phi) is 10.7. The van der Waals surface area contributed by atoms with Crippen molar-refractivity contribution in [1.29, 1.82) is 0 Å². The lowest BCUT2D eigenvalue weighted by Gasteiger charge is -2.18. The first-order chi connectivity index (χ1) is 11.4. The number of carboxylic acids is 2. The molecular weight excluding hydrogens is 364 g/mol. The lowest BCUT2D eigenvalue weighted by Crippen LogP contribution is -2.24. The zero-order valence-electron chi connectivity index (χ0n) is 15.7. The highest BCUT2D eigenvalue weighted by Gasteiger charge is 2.27. The monoisotopic (exact) mass is 396 g/mol. The molecule has 2 unspecified atom stereocenters. The molecule has 0 rings (SSSR count). The van der Waals surface area contributed by atoms with E-state index in [1.54, 1.807) is 27.7 Å². The molecule has 148 valence electrons. The van der Waals surface area contributed by atoms with Crippen LogP contribution in [0.4, 0.5) is 0 Å². The van der Waals surface area contributed by atoms with E-state index in [9.17, 15) is 18.0 Å². The third kappa shape index (κ3) is 10.7. The van der Waals surface area contributed by atoms with Crippen LogP contribution in [0.3, 0.4) is 0 Å². The second-order valence-corrected chi connectivity index (χ2v) is 11.0. The Labute approximate surface area is 155 Å². The van der Waals surface area contributed by atoms with E-state index in [0.29, 0.717) is 55.1 Å². The highest BCUT2D eigenvalue weighted by molar-refractivity contribution is 7.85. The lowest BCUT2D eigenvalue weighted by atomic mass is 9.88. The number of hydrogen-bond donors (Lipinski definition) is 2. The molecule has 25 heavy (non-hydrogen) atoms. The minimum absolute atomic E-state index is 0.468. The van der Waals surface area contributed by atoms with Crippen LogP contribution in [0.15, 0.2) is 0 Å². The summed E-state index contributed by atoms with van der Waals surface area (Å²) >= 11 is 0. The predicted molar refractivity (Wildman–Crippen MR) is 102 cm³/mol. The topological polar surface area (TPSA) is 109 Å². The molecule has 0 heterocycles. The van der Waals surface area contributed by atoms with Crippen molar-refractivity contribution in [2.24, 2.45) is 10.8 Å². The average molecular weight is 397 g/mol. The number of carboxylic acid groups (broad SMARTS) is 2. The minimum Gasteiger partial charge on any atom is -0.481 e. The average Bonchev–Trinajstić information content (AvgIpc) is 2.46. The Balaban J connectivity index is 3.85. The number of aliphatic carboxylic acids is 2. The Morgan fingerprint density at radius 2 is 0.960 bits per heavy atom. The van der Waals surface area contributed by atoms with Gasteiger partial charge in [-0.2, -0.15) is 0 Å². The van der Waals surface area contributed by atoms with Crippen LogP contribution in [0.1, 0.15) is 59.8 Å². The summed E-state index contributed by atoms with van der Waals surface area (Å²) in [6.07, 6.45) is 2.77. The summed E-state index contributed by atoms with van der Waals surface area (Å²) < 4.78 is 23.8. The van der Waals surface area contributed by atoms with E-state index in [-0.39, 0.29) is 0 Å². The highest BCUT2D eigenvalue weighted by atomic mass is 32.2. The summed E-state index contributed by atoms with van der Waals surface area (Å²) in [5.74, 6) is 0.186. The largest absolute Gasteiger partial charge is 0.481 e. The van der Waals surface area contributed by atoms with E-state index < -0.39 is 44.4 Å². The quantitative estimate of drug-likeness (QED) is 0.467. The van der Waals surface area contributed by atoms with Gasteiger partial charge in [0.15, 0.2) is 0 Å². The van der Waals surface area contributed by atoms with Crippen molar-refractivity contribution in [3.63, 3.8) is 0 Å². The molecule has 0 saturated heterocycles. The third-order valence-electron chi connectivity index (χ3n) is 4.25. The standard InChI is InChI=1S/C17H32O6S2/c1-16(2,14(18)19)8-5-10-24(22)12-7-13-25(23)11-6-9-17(3,4)15(20)21/h5-13H2,1-4H3,(H,18,19)(H,20,21). The molecule has 0 aromatic rings. The van der Waals surface area contributed by atoms with Gasteiger partial charge in [0.05, 0.1) is 10.8 Å². The Bertz CT molecular complexity index is 455. The van der Waals surface area contributed by atoms with Crippen molar-refractivity contribution in [3.8, 4) is 0 Å². The maximum Gasteiger partial charge on any atom is 0.309 e. The summed E-state index contributed by atoms with van der Waals surface area (Å²) in [6, 6.07) is 0. The zero-order chi connectivity index (χ0) is 19.7. The highest BCUT2D eigenvalue weighted by Crippen LogP contribution is 2.23. The van der Waals surface area contributed by atoms with Crippen LogP contribution in [-0.2, 0) is 31.2 Å². The Morgan fingerprint density at radius 1 is 0.680 bits per heavy atom. The van der Waals surface area contributed by atoms with Gasteiger partial charge in [0.1, 0.15) is 0 Å². The van der Waals surface area contributed by atoms with Crippen molar-refractivity contribution in [2.45, 2.75) is 59.8 Å². The van der Waals surface area contributed by atoms with Crippen molar-refractivity contribution in [3.05, 3.63) is 0 Å². The van der Waals surface area contributed by atoms with E-state index in [4.69, 9.17) is 10.2 Å². The first-order valence-electron chi connectivity index (χ1n) is 8.55. The van der Waals surface area contributed by atoms with Crippen LogP contribution in [0.5, 0.6) is 0 Å². The molecule has 0 aliphatic carbocycles. The molecule has 0 aliphatic rings. The Morgan fingerprint density at radius 3 is 1.24 bits per heavy atom. The summed E-state index contributed by atoms with van der Waals surface area (Å²) in [6.45, 7) is 6.64. The van der Waals surface area contributed by atoms with Gasteiger partial charge in [0.25, 0.3) is 0 Å². The molecule has 0 fully saturated rings. The van der Waals surface area contributed by atoms with Crippen molar-refractivity contribution < 1.29 is 28.2 Å². The van der Waals surface area contributed by atoms with Gasteiger partial charge in [0.2, 0.25) is 0 Å². The fourth-order valence-electron chi connectivity index (χ4n) is 2.15. The molecule has 8 heteroatoms.